The van der Waals surface area contributed by atoms with Gasteiger partial charge in [0, 0.05) is 26.9 Å². The van der Waals surface area contributed by atoms with Gasteiger partial charge in [-0.05, 0) is 66.6 Å². The molecule has 0 spiro atoms. The van der Waals surface area contributed by atoms with Gasteiger partial charge in [-0.3, -0.25) is 9.59 Å². The van der Waals surface area contributed by atoms with Crippen LogP contribution in [0, 0.1) is 6.92 Å². The third-order valence-electron chi connectivity index (χ3n) is 5.79. The van der Waals surface area contributed by atoms with Crippen molar-refractivity contribution in [3.05, 3.63) is 113 Å². The quantitative estimate of drug-likeness (QED) is 0.214. The normalized spacial score (nSPS) is 11.4. The van der Waals surface area contributed by atoms with Gasteiger partial charge in [0.1, 0.15) is 5.25 Å². The van der Waals surface area contributed by atoms with Crippen LogP contribution in [0.4, 0.5) is 11.4 Å². The summed E-state index contributed by atoms with van der Waals surface area (Å²) in [6, 6.07) is 27.3. The molecule has 0 aliphatic heterocycles. The van der Waals surface area contributed by atoms with E-state index in [4.69, 9.17) is 21.1 Å². The molecule has 0 aromatic heterocycles. The second kappa shape index (κ2) is 12.5. The molecule has 2 amide bonds. The van der Waals surface area contributed by atoms with Crippen LogP contribution < -0.4 is 20.1 Å². The predicted octanol–water partition coefficient (Wildman–Crippen LogP) is 7.39. The summed E-state index contributed by atoms with van der Waals surface area (Å²) in [6.45, 7) is 1.92. The Labute approximate surface area is 231 Å². The Morgan fingerprint density at radius 2 is 1.58 bits per heavy atom. The Morgan fingerprint density at radius 1 is 0.816 bits per heavy atom. The molecule has 0 fully saturated rings. The summed E-state index contributed by atoms with van der Waals surface area (Å²) in [5, 5.41) is 5.95. The van der Waals surface area contributed by atoms with Crippen LogP contribution in [0.5, 0.6) is 11.5 Å². The number of hydrogen-bond donors (Lipinski definition) is 2. The smallest absolute Gasteiger partial charge is 0.255 e. The number of carbonyl (C=O) groups excluding carboxylic acids is 2. The minimum atomic E-state index is -0.536. The molecule has 0 aliphatic rings. The molecule has 38 heavy (non-hydrogen) atoms. The van der Waals surface area contributed by atoms with E-state index in [0.29, 0.717) is 33.5 Å². The van der Waals surface area contributed by atoms with E-state index in [2.05, 4.69) is 10.6 Å². The summed E-state index contributed by atoms with van der Waals surface area (Å²) in [4.78, 5) is 27.2. The van der Waals surface area contributed by atoms with Crippen molar-refractivity contribution < 1.29 is 19.1 Å². The van der Waals surface area contributed by atoms with Gasteiger partial charge >= 0.3 is 0 Å². The Hall–Kier alpha value is -3.94. The lowest BCUT2D eigenvalue weighted by atomic mass is 10.1. The Morgan fingerprint density at radius 3 is 2.32 bits per heavy atom. The summed E-state index contributed by atoms with van der Waals surface area (Å²) in [7, 11) is 3.06. The van der Waals surface area contributed by atoms with Gasteiger partial charge in [-0.1, -0.05) is 54.1 Å². The first-order valence-electron chi connectivity index (χ1n) is 11.8. The number of hydrogen-bond acceptors (Lipinski definition) is 5. The standard InChI is InChI=1S/C30H27ClN2O4S/c1-19-12-14-22(31)17-25(19)33-30(35)28(20-8-5-4-6-9-20)38-24-11-7-10-23(18-24)32-29(34)21-13-15-26(36-2)27(16-21)37-3/h4-18,28H,1-3H3,(H,32,34)(H,33,35). The van der Waals surface area contributed by atoms with E-state index in [9.17, 15) is 9.59 Å². The third kappa shape index (κ3) is 6.68. The molecule has 2 N–H and O–H groups in total. The second-order valence-corrected chi connectivity index (χ2v) is 10.0. The van der Waals surface area contributed by atoms with Crippen molar-refractivity contribution in [1.29, 1.82) is 0 Å². The first-order valence-corrected chi connectivity index (χ1v) is 13.1. The van der Waals surface area contributed by atoms with E-state index in [1.54, 1.807) is 43.5 Å². The first kappa shape index (κ1) is 27.1. The maximum atomic E-state index is 13.5. The lowest BCUT2D eigenvalue weighted by Gasteiger charge is -2.18. The molecule has 4 rings (SSSR count). The highest BCUT2D eigenvalue weighted by Gasteiger charge is 2.23. The number of methoxy groups -OCH3 is 2. The topological polar surface area (TPSA) is 76.7 Å². The zero-order chi connectivity index (χ0) is 27.1. The van der Waals surface area contributed by atoms with E-state index < -0.39 is 5.25 Å². The molecular formula is C30H27ClN2O4S. The van der Waals surface area contributed by atoms with Crippen molar-refractivity contribution in [2.45, 2.75) is 17.1 Å². The summed E-state index contributed by atoms with van der Waals surface area (Å²) in [5.41, 5.74) is 3.47. The Kier molecular flexibility index (Phi) is 8.94. The summed E-state index contributed by atoms with van der Waals surface area (Å²) < 4.78 is 10.6. The fourth-order valence-corrected chi connectivity index (χ4v) is 5.05. The summed E-state index contributed by atoms with van der Waals surface area (Å²) >= 11 is 7.55. The number of anilines is 2. The van der Waals surface area contributed by atoms with Crippen LogP contribution >= 0.6 is 23.4 Å². The molecule has 0 heterocycles. The highest BCUT2D eigenvalue weighted by atomic mass is 35.5. The van der Waals surface area contributed by atoms with Crippen LogP contribution in [0.25, 0.3) is 0 Å². The molecule has 0 saturated heterocycles. The number of aryl methyl sites for hydroxylation is 1. The zero-order valence-corrected chi connectivity index (χ0v) is 22.7. The monoisotopic (exact) mass is 546 g/mol. The predicted molar refractivity (Wildman–Crippen MR) is 154 cm³/mol. The Balaban J connectivity index is 1.55. The minimum Gasteiger partial charge on any atom is -0.493 e. The molecule has 0 aliphatic carbocycles. The maximum absolute atomic E-state index is 13.5. The molecule has 4 aromatic rings. The number of nitrogens with one attached hydrogen (secondary N) is 2. The highest BCUT2D eigenvalue weighted by Crippen LogP contribution is 2.38. The van der Waals surface area contributed by atoms with Gasteiger partial charge in [-0.2, -0.15) is 0 Å². The molecule has 194 valence electrons. The lowest BCUT2D eigenvalue weighted by Crippen LogP contribution is -2.19. The van der Waals surface area contributed by atoms with Crippen LogP contribution in [0.15, 0.2) is 95.9 Å². The van der Waals surface area contributed by atoms with Crippen molar-refractivity contribution in [3.8, 4) is 11.5 Å². The van der Waals surface area contributed by atoms with Gasteiger partial charge in [0.15, 0.2) is 11.5 Å². The zero-order valence-electron chi connectivity index (χ0n) is 21.2. The van der Waals surface area contributed by atoms with Gasteiger partial charge in [0.2, 0.25) is 5.91 Å². The van der Waals surface area contributed by atoms with Gasteiger partial charge in [0.25, 0.3) is 5.91 Å². The van der Waals surface area contributed by atoms with E-state index in [1.165, 1.54) is 18.9 Å². The molecule has 6 nitrogen and oxygen atoms in total. The Bertz CT molecular complexity index is 1450. The van der Waals surface area contributed by atoms with E-state index >= 15 is 0 Å². The van der Waals surface area contributed by atoms with Crippen molar-refractivity contribution in [2.75, 3.05) is 24.9 Å². The summed E-state index contributed by atoms with van der Waals surface area (Å²) in [5.74, 6) is 0.546. The molecular weight excluding hydrogens is 520 g/mol. The third-order valence-corrected chi connectivity index (χ3v) is 7.27. The highest BCUT2D eigenvalue weighted by molar-refractivity contribution is 8.00. The molecule has 0 saturated carbocycles. The van der Waals surface area contributed by atoms with Gasteiger partial charge < -0.3 is 20.1 Å². The fraction of sp³-hybridized carbons (Fsp3) is 0.133. The molecule has 1 atom stereocenters. The second-order valence-electron chi connectivity index (χ2n) is 8.41. The van der Waals surface area contributed by atoms with Crippen LogP contribution in [0.3, 0.4) is 0 Å². The lowest BCUT2D eigenvalue weighted by molar-refractivity contribution is -0.115. The molecule has 0 radical (unpaired) electrons. The number of halogens is 1. The van der Waals surface area contributed by atoms with Crippen molar-refractivity contribution >= 4 is 46.6 Å². The number of benzene rings is 4. The van der Waals surface area contributed by atoms with Gasteiger partial charge in [-0.25, -0.2) is 0 Å². The number of rotatable bonds is 9. The molecule has 1 unspecified atom stereocenters. The van der Waals surface area contributed by atoms with Gasteiger partial charge in [0.05, 0.1) is 14.2 Å². The molecule has 4 aromatic carbocycles. The van der Waals surface area contributed by atoms with E-state index in [1.807, 2.05) is 61.5 Å². The van der Waals surface area contributed by atoms with Crippen LogP contribution in [0.1, 0.15) is 26.7 Å². The number of thioether (sulfide) groups is 1. The molecule has 0 bridgehead atoms. The van der Waals surface area contributed by atoms with Crippen molar-refractivity contribution in [2.24, 2.45) is 0 Å². The van der Waals surface area contributed by atoms with Crippen LogP contribution in [-0.2, 0) is 4.79 Å². The fourth-order valence-electron chi connectivity index (χ4n) is 3.79. The van der Waals surface area contributed by atoms with E-state index in [0.717, 1.165) is 16.0 Å². The minimum absolute atomic E-state index is 0.175. The number of amides is 2. The van der Waals surface area contributed by atoms with Crippen molar-refractivity contribution in [1.82, 2.24) is 0 Å². The SMILES string of the molecule is COc1ccc(C(=O)Nc2cccc(SC(C(=O)Nc3cc(Cl)ccc3C)c3ccccc3)c2)cc1OC. The van der Waals surface area contributed by atoms with Gasteiger partial charge in [-0.15, -0.1) is 11.8 Å². The van der Waals surface area contributed by atoms with Crippen LogP contribution in [-0.4, -0.2) is 26.0 Å². The van der Waals surface area contributed by atoms with Crippen LogP contribution in [0.2, 0.25) is 5.02 Å². The average Bonchev–Trinajstić information content (AvgIpc) is 2.93. The van der Waals surface area contributed by atoms with E-state index in [-0.39, 0.29) is 11.8 Å². The summed E-state index contributed by atoms with van der Waals surface area (Å²) in [6.07, 6.45) is 0. The number of carbonyl (C=O) groups is 2. The average molecular weight is 547 g/mol. The maximum Gasteiger partial charge on any atom is 0.255 e. The first-order chi connectivity index (χ1) is 18.4. The van der Waals surface area contributed by atoms with Crippen molar-refractivity contribution in [3.63, 3.8) is 0 Å². The number of ether oxygens (including phenoxy) is 2. The molecule has 8 heteroatoms. The largest absolute Gasteiger partial charge is 0.493 e.